The molecule has 0 amide bonds. The van der Waals surface area contributed by atoms with Gasteiger partial charge in [-0.3, -0.25) is 10.1 Å². The molecule has 2 aromatic carbocycles. The number of nitrogens with zero attached hydrogens (tertiary/aromatic N) is 2. The number of anilines is 2. The maximum absolute atomic E-state index is 11.3. The number of nitrogens with two attached hydrogens (primary N) is 1. The van der Waals surface area contributed by atoms with Crippen LogP contribution in [0.25, 0.3) is 0 Å². The van der Waals surface area contributed by atoms with Gasteiger partial charge in [-0.05, 0) is 29.7 Å². The van der Waals surface area contributed by atoms with Crippen molar-refractivity contribution < 1.29 is 4.92 Å². The Balaban J connectivity index is 2.09. The Hall–Kier alpha value is -2.40. The van der Waals surface area contributed by atoms with E-state index in [0.717, 1.165) is 24.2 Å². The third-order valence-electron chi connectivity index (χ3n) is 3.65. The molecule has 1 aliphatic rings. The van der Waals surface area contributed by atoms with Gasteiger partial charge in [0.05, 0.1) is 4.92 Å². The second-order valence-corrected chi connectivity index (χ2v) is 4.81. The Morgan fingerprint density at radius 3 is 2.75 bits per heavy atom. The van der Waals surface area contributed by atoms with Crippen LogP contribution < -0.4 is 10.6 Å². The maximum atomic E-state index is 11.3. The number of fused-ring (bicyclic) bond motifs is 1. The molecule has 5 heteroatoms. The zero-order valence-electron chi connectivity index (χ0n) is 11.0. The van der Waals surface area contributed by atoms with Gasteiger partial charge in [0.15, 0.2) is 0 Å². The van der Waals surface area contributed by atoms with E-state index in [1.54, 1.807) is 12.1 Å². The van der Waals surface area contributed by atoms with E-state index < -0.39 is 0 Å². The van der Waals surface area contributed by atoms with Gasteiger partial charge < -0.3 is 10.6 Å². The lowest BCUT2D eigenvalue weighted by atomic mass is 10.1. The minimum atomic E-state index is -0.338. The van der Waals surface area contributed by atoms with Gasteiger partial charge in [-0.1, -0.05) is 24.3 Å². The van der Waals surface area contributed by atoms with Crippen molar-refractivity contribution in [3.8, 4) is 0 Å². The third kappa shape index (κ3) is 2.02. The first-order chi connectivity index (χ1) is 9.70. The van der Waals surface area contributed by atoms with Crippen molar-refractivity contribution in [2.75, 3.05) is 11.4 Å². The Morgan fingerprint density at radius 2 is 2.00 bits per heavy atom. The van der Waals surface area contributed by atoms with E-state index >= 15 is 0 Å². The topological polar surface area (TPSA) is 72.4 Å². The molecule has 0 aliphatic carbocycles. The summed E-state index contributed by atoms with van der Waals surface area (Å²) < 4.78 is 0. The highest BCUT2D eigenvalue weighted by molar-refractivity contribution is 5.76. The minimum Gasteiger partial charge on any atom is -0.335 e. The Bertz CT molecular complexity index is 670. The van der Waals surface area contributed by atoms with Gasteiger partial charge in [0.2, 0.25) is 0 Å². The summed E-state index contributed by atoms with van der Waals surface area (Å²) in [5.41, 5.74) is 9.36. The Kier molecular flexibility index (Phi) is 3.12. The third-order valence-corrected chi connectivity index (χ3v) is 3.65. The van der Waals surface area contributed by atoms with Gasteiger partial charge in [-0.25, -0.2) is 0 Å². The fourth-order valence-corrected chi connectivity index (χ4v) is 2.66. The van der Waals surface area contributed by atoms with Crippen LogP contribution in [0.3, 0.4) is 0 Å². The van der Waals surface area contributed by atoms with Gasteiger partial charge in [-0.2, -0.15) is 0 Å². The smallest absolute Gasteiger partial charge is 0.293 e. The Morgan fingerprint density at radius 1 is 1.20 bits per heavy atom. The first-order valence-electron chi connectivity index (χ1n) is 6.53. The Labute approximate surface area is 116 Å². The highest BCUT2D eigenvalue weighted by Gasteiger charge is 2.26. The van der Waals surface area contributed by atoms with Crippen LogP contribution in [-0.4, -0.2) is 11.5 Å². The molecule has 0 saturated heterocycles. The molecule has 0 unspecified atom stereocenters. The van der Waals surface area contributed by atoms with Crippen LogP contribution in [0.1, 0.15) is 11.1 Å². The number of nitro benzene ring substituents is 1. The fourth-order valence-electron chi connectivity index (χ4n) is 2.66. The van der Waals surface area contributed by atoms with Gasteiger partial charge in [0.1, 0.15) is 5.69 Å². The molecule has 0 aromatic heterocycles. The highest BCUT2D eigenvalue weighted by atomic mass is 16.6. The molecule has 0 saturated carbocycles. The monoisotopic (exact) mass is 269 g/mol. The van der Waals surface area contributed by atoms with E-state index in [2.05, 4.69) is 6.07 Å². The molecule has 0 radical (unpaired) electrons. The quantitative estimate of drug-likeness (QED) is 0.687. The van der Waals surface area contributed by atoms with Crippen molar-refractivity contribution in [2.24, 2.45) is 5.73 Å². The molecule has 0 bridgehead atoms. The molecule has 0 fully saturated rings. The summed E-state index contributed by atoms with van der Waals surface area (Å²) >= 11 is 0. The van der Waals surface area contributed by atoms with Crippen LogP contribution in [0.15, 0.2) is 42.5 Å². The van der Waals surface area contributed by atoms with Crippen LogP contribution in [0.5, 0.6) is 0 Å². The van der Waals surface area contributed by atoms with Gasteiger partial charge in [-0.15, -0.1) is 0 Å². The molecule has 1 aliphatic heterocycles. The first kappa shape index (κ1) is 12.6. The normalized spacial score (nSPS) is 13.3. The van der Waals surface area contributed by atoms with Crippen molar-refractivity contribution in [1.82, 2.24) is 0 Å². The predicted molar refractivity (Wildman–Crippen MR) is 78.1 cm³/mol. The van der Waals surface area contributed by atoms with E-state index in [1.807, 2.05) is 29.2 Å². The van der Waals surface area contributed by atoms with E-state index in [4.69, 9.17) is 5.73 Å². The van der Waals surface area contributed by atoms with Gasteiger partial charge in [0, 0.05) is 24.8 Å². The summed E-state index contributed by atoms with van der Waals surface area (Å²) in [4.78, 5) is 13.0. The van der Waals surface area contributed by atoms with E-state index in [9.17, 15) is 10.1 Å². The molecule has 0 atom stereocenters. The predicted octanol–water partition coefficient (Wildman–Crippen LogP) is 2.75. The van der Waals surface area contributed by atoms with Crippen molar-refractivity contribution in [3.05, 3.63) is 63.7 Å². The molecular weight excluding hydrogens is 254 g/mol. The fraction of sp³-hybridized carbons (Fsp3) is 0.200. The number of nitro groups is 1. The molecule has 0 spiro atoms. The van der Waals surface area contributed by atoms with E-state index in [1.165, 1.54) is 5.56 Å². The second-order valence-electron chi connectivity index (χ2n) is 4.81. The molecule has 102 valence electrons. The molecule has 5 nitrogen and oxygen atoms in total. The lowest BCUT2D eigenvalue weighted by Gasteiger charge is -2.19. The second kappa shape index (κ2) is 4.94. The summed E-state index contributed by atoms with van der Waals surface area (Å²) in [5.74, 6) is 0. The van der Waals surface area contributed by atoms with Crippen LogP contribution in [0.2, 0.25) is 0 Å². The van der Waals surface area contributed by atoms with Crippen LogP contribution in [-0.2, 0) is 13.0 Å². The van der Waals surface area contributed by atoms with Crippen LogP contribution in [0.4, 0.5) is 17.1 Å². The molecule has 2 N–H and O–H groups in total. The van der Waals surface area contributed by atoms with Crippen LogP contribution >= 0.6 is 0 Å². The first-order valence-corrected chi connectivity index (χ1v) is 6.53. The average Bonchev–Trinajstić information content (AvgIpc) is 2.90. The van der Waals surface area contributed by atoms with Crippen molar-refractivity contribution in [2.45, 2.75) is 13.0 Å². The minimum absolute atomic E-state index is 0.115. The zero-order chi connectivity index (χ0) is 14.1. The maximum Gasteiger partial charge on any atom is 0.293 e. The van der Waals surface area contributed by atoms with E-state index in [0.29, 0.717) is 12.2 Å². The molecule has 1 heterocycles. The SMILES string of the molecule is NCc1ccc(N2CCc3ccccc32)c([N+](=O)[O-])c1. The molecular formula is C15H15N3O2. The summed E-state index contributed by atoms with van der Waals surface area (Å²) in [6.07, 6.45) is 0.909. The average molecular weight is 269 g/mol. The van der Waals surface area contributed by atoms with Gasteiger partial charge >= 0.3 is 0 Å². The number of hydrogen-bond donors (Lipinski definition) is 1. The summed E-state index contributed by atoms with van der Waals surface area (Å²) in [6.45, 7) is 1.07. The molecule has 2 aromatic rings. The lowest BCUT2D eigenvalue weighted by Crippen LogP contribution is -2.15. The largest absolute Gasteiger partial charge is 0.335 e. The summed E-state index contributed by atoms with van der Waals surface area (Å²) in [6, 6.07) is 13.2. The standard InChI is InChI=1S/C15H15N3O2/c16-10-11-5-6-14(15(9-11)18(19)20)17-8-7-12-3-1-2-4-13(12)17/h1-6,9H,7-8,10,16H2. The number of hydrogen-bond acceptors (Lipinski definition) is 4. The van der Waals surface area contributed by atoms with Crippen molar-refractivity contribution in [1.29, 1.82) is 0 Å². The van der Waals surface area contributed by atoms with E-state index in [-0.39, 0.29) is 10.6 Å². The van der Waals surface area contributed by atoms with Gasteiger partial charge in [0.25, 0.3) is 5.69 Å². The lowest BCUT2D eigenvalue weighted by molar-refractivity contribution is -0.384. The van der Waals surface area contributed by atoms with Crippen molar-refractivity contribution in [3.63, 3.8) is 0 Å². The van der Waals surface area contributed by atoms with Crippen LogP contribution in [0, 0.1) is 10.1 Å². The summed E-state index contributed by atoms with van der Waals surface area (Å²) in [7, 11) is 0. The molecule has 20 heavy (non-hydrogen) atoms. The molecule has 3 rings (SSSR count). The number of para-hydroxylation sites is 1. The summed E-state index contributed by atoms with van der Waals surface area (Å²) in [5, 5.41) is 11.3. The highest BCUT2D eigenvalue weighted by Crippen LogP contribution is 2.39. The zero-order valence-corrected chi connectivity index (χ0v) is 11.0. The number of rotatable bonds is 3. The number of benzene rings is 2. The van der Waals surface area contributed by atoms with Crippen molar-refractivity contribution >= 4 is 17.1 Å².